The van der Waals surface area contributed by atoms with Gasteiger partial charge < -0.3 is 4.42 Å². The molecule has 5 nitrogen and oxygen atoms in total. The van der Waals surface area contributed by atoms with Gasteiger partial charge >= 0.3 is 0 Å². The monoisotopic (exact) mass is 246 g/mol. The largest absolute Gasteiger partial charge is 0.469 e. The van der Waals surface area contributed by atoms with Crippen molar-refractivity contribution in [2.24, 2.45) is 7.05 Å². The fourth-order valence-corrected chi connectivity index (χ4v) is 1.88. The molecular weight excluding hydrogens is 232 g/mol. The van der Waals surface area contributed by atoms with Crippen molar-refractivity contribution in [1.29, 1.82) is 0 Å². The van der Waals surface area contributed by atoms with Crippen LogP contribution in [0.3, 0.4) is 0 Å². The van der Waals surface area contributed by atoms with E-state index in [4.69, 9.17) is 4.42 Å². The van der Waals surface area contributed by atoms with Crippen molar-refractivity contribution in [2.45, 2.75) is 20.3 Å². The highest BCUT2D eigenvalue weighted by Gasteiger charge is 2.19. The van der Waals surface area contributed by atoms with Crippen molar-refractivity contribution in [1.82, 2.24) is 9.78 Å². The van der Waals surface area contributed by atoms with Crippen LogP contribution in [0.4, 0.5) is 0 Å². The number of carbonyl (C=O) groups excluding carboxylic acids is 2. The van der Waals surface area contributed by atoms with Crippen LogP contribution in [0, 0.1) is 13.8 Å². The highest BCUT2D eigenvalue weighted by Crippen LogP contribution is 2.14. The summed E-state index contributed by atoms with van der Waals surface area (Å²) in [7, 11) is 1.74. The zero-order valence-corrected chi connectivity index (χ0v) is 10.6. The van der Waals surface area contributed by atoms with Crippen molar-refractivity contribution >= 4 is 11.6 Å². The highest BCUT2D eigenvalue weighted by atomic mass is 16.3. The molecule has 0 saturated heterocycles. The molecule has 0 unspecified atom stereocenters. The van der Waals surface area contributed by atoms with Gasteiger partial charge in [-0.05, 0) is 19.9 Å². The van der Waals surface area contributed by atoms with Crippen LogP contribution in [-0.2, 0) is 7.05 Å². The third-order valence-electron chi connectivity index (χ3n) is 2.79. The minimum Gasteiger partial charge on any atom is -0.469 e. The van der Waals surface area contributed by atoms with Crippen LogP contribution in [-0.4, -0.2) is 21.3 Å². The molecule has 2 aromatic rings. The maximum atomic E-state index is 12.0. The summed E-state index contributed by atoms with van der Waals surface area (Å²) in [6.07, 6.45) is 2.92. The van der Waals surface area contributed by atoms with Gasteiger partial charge in [0.25, 0.3) is 0 Å². The standard InChI is InChI=1S/C13H14N2O3/c1-8-11(7-15(3)14-8)13(17)6-12(16)10-4-5-18-9(10)2/h4-5,7H,6H2,1-3H3. The number of aromatic nitrogens is 2. The lowest BCUT2D eigenvalue weighted by Gasteiger charge is -1.98. The van der Waals surface area contributed by atoms with Gasteiger partial charge in [-0.2, -0.15) is 5.10 Å². The molecule has 2 rings (SSSR count). The van der Waals surface area contributed by atoms with Gasteiger partial charge in [-0.3, -0.25) is 14.3 Å². The molecule has 0 aromatic carbocycles. The summed E-state index contributed by atoms with van der Waals surface area (Å²) in [6, 6.07) is 1.58. The number of Topliss-reactive ketones (excluding diaryl/α,β-unsaturated/α-hetero) is 2. The second-order valence-electron chi connectivity index (χ2n) is 4.22. The molecule has 94 valence electrons. The molecule has 0 fully saturated rings. The van der Waals surface area contributed by atoms with E-state index in [-0.39, 0.29) is 18.0 Å². The van der Waals surface area contributed by atoms with Crippen molar-refractivity contribution in [3.05, 3.63) is 41.1 Å². The topological polar surface area (TPSA) is 65.1 Å². The van der Waals surface area contributed by atoms with Crippen LogP contribution in [0.2, 0.25) is 0 Å². The van der Waals surface area contributed by atoms with E-state index in [9.17, 15) is 9.59 Å². The molecule has 2 heterocycles. The van der Waals surface area contributed by atoms with Gasteiger partial charge in [-0.25, -0.2) is 0 Å². The lowest BCUT2D eigenvalue weighted by molar-refractivity contribution is 0.0893. The summed E-state index contributed by atoms with van der Waals surface area (Å²) in [5.41, 5.74) is 1.59. The third kappa shape index (κ3) is 2.25. The maximum Gasteiger partial charge on any atom is 0.174 e. The van der Waals surface area contributed by atoms with E-state index < -0.39 is 0 Å². The Hall–Kier alpha value is -2.17. The van der Waals surface area contributed by atoms with Gasteiger partial charge in [0, 0.05) is 13.2 Å². The first-order valence-electron chi connectivity index (χ1n) is 5.59. The summed E-state index contributed by atoms with van der Waals surface area (Å²) in [5.74, 6) is 0.0939. The Morgan fingerprint density at radius 2 is 1.94 bits per heavy atom. The van der Waals surface area contributed by atoms with Gasteiger partial charge in [0.2, 0.25) is 0 Å². The Bertz CT molecular complexity index is 608. The maximum absolute atomic E-state index is 12.0. The molecular formula is C13H14N2O3. The average Bonchev–Trinajstić information content (AvgIpc) is 2.84. The summed E-state index contributed by atoms with van der Waals surface area (Å²) < 4.78 is 6.62. The van der Waals surface area contributed by atoms with E-state index >= 15 is 0 Å². The molecule has 0 radical (unpaired) electrons. The molecule has 0 aliphatic rings. The van der Waals surface area contributed by atoms with Gasteiger partial charge in [-0.1, -0.05) is 0 Å². The van der Waals surface area contributed by atoms with Crippen LogP contribution < -0.4 is 0 Å². The van der Waals surface area contributed by atoms with Gasteiger partial charge in [0.15, 0.2) is 11.6 Å². The number of ketones is 2. The quantitative estimate of drug-likeness (QED) is 0.612. The first kappa shape index (κ1) is 12.3. The molecule has 18 heavy (non-hydrogen) atoms. The Morgan fingerprint density at radius 1 is 1.28 bits per heavy atom. The first-order chi connectivity index (χ1) is 8.49. The average molecular weight is 246 g/mol. The van der Waals surface area contributed by atoms with Crippen molar-refractivity contribution < 1.29 is 14.0 Å². The molecule has 0 spiro atoms. The van der Waals surface area contributed by atoms with E-state index in [1.807, 2.05) is 0 Å². The number of aryl methyl sites for hydroxylation is 3. The number of carbonyl (C=O) groups is 2. The highest BCUT2D eigenvalue weighted by molar-refractivity contribution is 6.14. The van der Waals surface area contributed by atoms with E-state index in [0.717, 1.165) is 0 Å². The number of hydrogen-bond acceptors (Lipinski definition) is 4. The smallest absolute Gasteiger partial charge is 0.174 e. The van der Waals surface area contributed by atoms with Crippen LogP contribution >= 0.6 is 0 Å². The Morgan fingerprint density at radius 3 is 2.44 bits per heavy atom. The van der Waals surface area contributed by atoms with Crippen LogP contribution in [0.1, 0.15) is 38.6 Å². The Labute approximate surface area is 104 Å². The minimum absolute atomic E-state index is 0.160. The molecule has 5 heteroatoms. The number of furan rings is 1. The predicted octanol–water partition coefficient (Wildman–Crippen LogP) is 2.09. The normalized spacial score (nSPS) is 10.6. The number of rotatable bonds is 4. The van der Waals surface area contributed by atoms with E-state index in [0.29, 0.717) is 22.6 Å². The van der Waals surface area contributed by atoms with Gasteiger partial charge in [0.05, 0.1) is 29.5 Å². The summed E-state index contributed by atoms with van der Waals surface area (Å²) in [5, 5.41) is 4.09. The van der Waals surface area contributed by atoms with Crippen LogP contribution in [0.25, 0.3) is 0 Å². The van der Waals surface area contributed by atoms with E-state index in [1.165, 1.54) is 6.26 Å². The van der Waals surface area contributed by atoms with Crippen molar-refractivity contribution in [3.8, 4) is 0 Å². The summed E-state index contributed by atoms with van der Waals surface area (Å²) in [6.45, 7) is 3.45. The molecule has 0 atom stereocenters. The zero-order chi connectivity index (χ0) is 13.3. The lowest BCUT2D eigenvalue weighted by atomic mass is 10.0. The second kappa shape index (κ2) is 4.60. The lowest BCUT2D eigenvalue weighted by Crippen LogP contribution is -2.09. The third-order valence-corrected chi connectivity index (χ3v) is 2.79. The SMILES string of the molecule is Cc1nn(C)cc1C(=O)CC(=O)c1ccoc1C. The molecule has 0 aliphatic carbocycles. The summed E-state index contributed by atoms with van der Waals surface area (Å²) in [4.78, 5) is 23.9. The van der Waals surface area contributed by atoms with E-state index in [2.05, 4.69) is 5.10 Å². The fourth-order valence-electron chi connectivity index (χ4n) is 1.88. The second-order valence-corrected chi connectivity index (χ2v) is 4.22. The predicted molar refractivity (Wildman–Crippen MR) is 64.7 cm³/mol. The minimum atomic E-state index is -0.227. The molecule has 0 saturated carbocycles. The first-order valence-corrected chi connectivity index (χ1v) is 5.59. The van der Waals surface area contributed by atoms with E-state index in [1.54, 1.807) is 37.8 Å². The van der Waals surface area contributed by atoms with Gasteiger partial charge in [-0.15, -0.1) is 0 Å². The van der Waals surface area contributed by atoms with Gasteiger partial charge in [0.1, 0.15) is 5.76 Å². The Kier molecular flexibility index (Phi) is 3.14. The molecule has 0 bridgehead atoms. The number of nitrogens with zero attached hydrogens (tertiary/aromatic N) is 2. The van der Waals surface area contributed by atoms with Crippen LogP contribution in [0.5, 0.6) is 0 Å². The molecule has 0 aliphatic heterocycles. The Balaban J connectivity index is 2.16. The summed E-state index contributed by atoms with van der Waals surface area (Å²) >= 11 is 0. The van der Waals surface area contributed by atoms with Crippen molar-refractivity contribution in [2.75, 3.05) is 0 Å². The van der Waals surface area contributed by atoms with Crippen molar-refractivity contribution in [3.63, 3.8) is 0 Å². The zero-order valence-electron chi connectivity index (χ0n) is 10.6. The fraction of sp³-hybridized carbons (Fsp3) is 0.308. The molecule has 2 aromatic heterocycles. The molecule has 0 N–H and O–H groups in total. The molecule has 0 amide bonds. The van der Waals surface area contributed by atoms with Crippen LogP contribution in [0.15, 0.2) is 22.9 Å². The number of hydrogen-bond donors (Lipinski definition) is 0.